The van der Waals surface area contributed by atoms with Gasteiger partial charge in [-0.15, -0.1) is 0 Å². The van der Waals surface area contributed by atoms with Crippen molar-refractivity contribution in [2.75, 3.05) is 14.2 Å². The zero-order chi connectivity index (χ0) is 11.1. The van der Waals surface area contributed by atoms with Crippen molar-refractivity contribution in [3.63, 3.8) is 0 Å². The van der Waals surface area contributed by atoms with Crippen LogP contribution in [0.5, 0.6) is 5.75 Å². The maximum absolute atomic E-state index is 5.63. The summed E-state index contributed by atoms with van der Waals surface area (Å²) in [6.07, 6.45) is 1.79. The molecule has 0 N–H and O–H groups in total. The van der Waals surface area contributed by atoms with Gasteiger partial charge in [-0.2, -0.15) is 0 Å². The highest BCUT2D eigenvalue weighted by Crippen LogP contribution is 2.13. The van der Waals surface area contributed by atoms with Crippen LogP contribution < -0.4 is 4.43 Å². The van der Waals surface area contributed by atoms with Gasteiger partial charge in [-0.1, -0.05) is 24.8 Å². The average molecular weight is 224 g/mol. The molecule has 0 saturated carbocycles. The van der Waals surface area contributed by atoms with E-state index in [1.807, 2.05) is 24.3 Å². The van der Waals surface area contributed by atoms with Crippen molar-refractivity contribution < 1.29 is 13.9 Å². The lowest BCUT2D eigenvalue weighted by Gasteiger charge is -2.14. The Morgan fingerprint density at radius 2 is 2.07 bits per heavy atom. The van der Waals surface area contributed by atoms with E-state index in [1.54, 1.807) is 20.3 Å². The minimum absolute atomic E-state index is 0.197. The fourth-order valence-electron chi connectivity index (χ4n) is 1.13. The minimum atomic E-state index is -0.875. The standard InChI is InChI=1S/C11H16O3Si/c1-4-9-6-5-7-10(8-9)14-15-11(12-2)13-3/h4-8,11H,1,15H2,2-3H3. The van der Waals surface area contributed by atoms with Crippen molar-refractivity contribution in [3.05, 3.63) is 36.4 Å². The van der Waals surface area contributed by atoms with E-state index in [1.165, 1.54) is 0 Å². The molecule has 15 heavy (non-hydrogen) atoms. The third-order valence-electron chi connectivity index (χ3n) is 2.01. The van der Waals surface area contributed by atoms with E-state index in [9.17, 15) is 0 Å². The molecule has 82 valence electrons. The first-order chi connectivity index (χ1) is 7.30. The van der Waals surface area contributed by atoms with Gasteiger partial charge in [0.25, 0.3) is 9.76 Å². The first-order valence-electron chi connectivity index (χ1n) is 4.71. The van der Waals surface area contributed by atoms with Crippen molar-refractivity contribution >= 4 is 15.8 Å². The van der Waals surface area contributed by atoms with Gasteiger partial charge in [0.1, 0.15) is 5.75 Å². The van der Waals surface area contributed by atoms with Crippen molar-refractivity contribution in [1.29, 1.82) is 0 Å². The Kier molecular flexibility index (Phi) is 5.10. The molecule has 0 aromatic heterocycles. The van der Waals surface area contributed by atoms with Gasteiger partial charge in [-0.05, 0) is 17.7 Å². The predicted octanol–water partition coefficient (Wildman–Crippen LogP) is 1.37. The highest BCUT2D eigenvalue weighted by atomic mass is 28.2. The normalized spacial score (nSPS) is 11.1. The fraction of sp³-hybridized carbons (Fsp3) is 0.273. The van der Waals surface area contributed by atoms with E-state index in [0.717, 1.165) is 11.3 Å². The molecule has 0 spiro atoms. The summed E-state index contributed by atoms with van der Waals surface area (Å²) in [7, 11) is 2.36. The molecule has 0 aliphatic carbocycles. The van der Waals surface area contributed by atoms with E-state index in [2.05, 4.69) is 6.58 Å². The summed E-state index contributed by atoms with van der Waals surface area (Å²) < 4.78 is 15.8. The van der Waals surface area contributed by atoms with Crippen LogP contribution in [0.3, 0.4) is 0 Å². The molecule has 0 amide bonds. The quantitative estimate of drug-likeness (QED) is 0.539. The number of hydrogen-bond acceptors (Lipinski definition) is 3. The van der Waals surface area contributed by atoms with E-state index in [0.29, 0.717) is 0 Å². The highest BCUT2D eigenvalue weighted by molar-refractivity contribution is 6.29. The summed E-state index contributed by atoms with van der Waals surface area (Å²) in [6, 6.07) is 7.78. The summed E-state index contributed by atoms with van der Waals surface area (Å²) in [4.78, 5) is 0. The number of methoxy groups -OCH3 is 2. The second kappa shape index (κ2) is 6.39. The topological polar surface area (TPSA) is 27.7 Å². The minimum Gasteiger partial charge on any atom is -0.544 e. The van der Waals surface area contributed by atoms with Gasteiger partial charge in [0.15, 0.2) is 5.91 Å². The van der Waals surface area contributed by atoms with Gasteiger partial charge < -0.3 is 13.9 Å². The molecule has 0 atom stereocenters. The molecule has 1 aromatic rings. The molecule has 0 bridgehead atoms. The first kappa shape index (κ1) is 12.0. The van der Waals surface area contributed by atoms with Crippen molar-refractivity contribution in [2.24, 2.45) is 0 Å². The summed E-state index contributed by atoms with van der Waals surface area (Å²) in [5.41, 5.74) is 1.05. The molecule has 0 radical (unpaired) electrons. The second-order valence-electron chi connectivity index (χ2n) is 2.99. The van der Waals surface area contributed by atoms with Crippen LogP contribution in [0.15, 0.2) is 30.8 Å². The Bertz CT molecular complexity index is 310. The Hall–Kier alpha value is -1.10. The number of ether oxygens (including phenoxy) is 2. The van der Waals surface area contributed by atoms with Gasteiger partial charge >= 0.3 is 0 Å². The summed E-state index contributed by atoms with van der Waals surface area (Å²) >= 11 is 0. The lowest BCUT2D eigenvalue weighted by atomic mass is 10.2. The molecule has 0 heterocycles. The Labute approximate surface area is 92.6 Å². The Morgan fingerprint density at radius 1 is 1.33 bits per heavy atom. The third-order valence-corrected chi connectivity index (χ3v) is 3.44. The third kappa shape index (κ3) is 3.87. The molecule has 4 heteroatoms. The van der Waals surface area contributed by atoms with Crippen molar-refractivity contribution in [2.45, 2.75) is 5.91 Å². The fourth-order valence-corrected chi connectivity index (χ4v) is 1.91. The first-order valence-corrected chi connectivity index (χ1v) is 6.10. The zero-order valence-corrected chi connectivity index (χ0v) is 10.5. The van der Waals surface area contributed by atoms with Gasteiger partial charge in [0.2, 0.25) is 0 Å². The number of hydrogen-bond donors (Lipinski definition) is 0. The summed E-state index contributed by atoms with van der Waals surface area (Å²) in [6.45, 7) is 3.71. The average Bonchev–Trinajstić information content (AvgIpc) is 2.31. The lowest BCUT2D eigenvalue weighted by Crippen LogP contribution is -2.25. The highest BCUT2D eigenvalue weighted by Gasteiger charge is 2.07. The van der Waals surface area contributed by atoms with Gasteiger partial charge in [0.05, 0.1) is 0 Å². The Morgan fingerprint density at radius 3 is 2.67 bits per heavy atom. The molecule has 0 aliphatic rings. The van der Waals surface area contributed by atoms with E-state index in [-0.39, 0.29) is 5.91 Å². The molecule has 1 aromatic carbocycles. The predicted molar refractivity (Wildman–Crippen MR) is 63.5 cm³/mol. The smallest absolute Gasteiger partial charge is 0.278 e. The van der Waals surface area contributed by atoms with E-state index >= 15 is 0 Å². The van der Waals surface area contributed by atoms with Gasteiger partial charge in [0, 0.05) is 14.2 Å². The van der Waals surface area contributed by atoms with Crippen LogP contribution in [0.1, 0.15) is 5.56 Å². The molecule has 1 rings (SSSR count). The van der Waals surface area contributed by atoms with Gasteiger partial charge in [-0.25, -0.2) is 0 Å². The van der Waals surface area contributed by atoms with Crippen LogP contribution in [0.4, 0.5) is 0 Å². The van der Waals surface area contributed by atoms with Crippen molar-refractivity contribution in [3.8, 4) is 5.75 Å². The van der Waals surface area contributed by atoms with E-state index < -0.39 is 9.76 Å². The lowest BCUT2D eigenvalue weighted by molar-refractivity contribution is -0.0492. The van der Waals surface area contributed by atoms with Crippen LogP contribution in [0.2, 0.25) is 0 Å². The maximum Gasteiger partial charge on any atom is 0.278 e. The summed E-state index contributed by atoms with van der Waals surface area (Å²) in [5.74, 6) is 0.649. The van der Waals surface area contributed by atoms with Crippen LogP contribution >= 0.6 is 0 Å². The Balaban J connectivity index is 2.53. The number of benzene rings is 1. The van der Waals surface area contributed by atoms with Gasteiger partial charge in [-0.3, -0.25) is 0 Å². The monoisotopic (exact) mass is 224 g/mol. The molecule has 0 saturated heterocycles. The van der Waals surface area contributed by atoms with Crippen LogP contribution in [-0.2, 0) is 9.47 Å². The molecule has 3 nitrogen and oxygen atoms in total. The van der Waals surface area contributed by atoms with Crippen LogP contribution in [0.25, 0.3) is 6.08 Å². The number of rotatable bonds is 6. The largest absolute Gasteiger partial charge is 0.544 e. The van der Waals surface area contributed by atoms with Crippen molar-refractivity contribution in [1.82, 2.24) is 0 Å². The molecular formula is C11H16O3Si. The molecule has 0 fully saturated rings. The maximum atomic E-state index is 5.63. The SMILES string of the molecule is C=Cc1cccc(O[SiH2]C(OC)OC)c1. The van der Waals surface area contributed by atoms with Crippen LogP contribution in [0, 0.1) is 0 Å². The summed E-state index contributed by atoms with van der Waals surface area (Å²) in [5, 5.41) is 0. The van der Waals surface area contributed by atoms with Crippen LogP contribution in [-0.4, -0.2) is 29.9 Å². The second-order valence-corrected chi connectivity index (χ2v) is 4.28. The van der Waals surface area contributed by atoms with E-state index in [4.69, 9.17) is 13.9 Å². The molecular weight excluding hydrogens is 208 g/mol. The molecule has 0 aliphatic heterocycles. The molecule has 0 unspecified atom stereocenters. The zero-order valence-electron chi connectivity index (χ0n) is 9.10.